The number of sulfonamides is 1. The second-order valence-corrected chi connectivity index (χ2v) is 9.10. The molecule has 0 aliphatic carbocycles. The Hall–Kier alpha value is -1.93. The fourth-order valence-corrected chi connectivity index (χ4v) is 4.65. The van der Waals surface area contributed by atoms with Crippen LogP contribution >= 0.6 is 0 Å². The van der Waals surface area contributed by atoms with E-state index in [1.165, 1.54) is 23.5 Å². The molecule has 0 saturated carbocycles. The molecular weight excluding hydrogens is 368 g/mol. The van der Waals surface area contributed by atoms with E-state index in [4.69, 9.17) is 4.74 Å². The van der Waals surface area contributed by atoms with Crippen molar-refractivity contribution in [2.45, 2.75) is 51.0 Å². The molecule has 1 aliphatic rings. The molecular formula is C19H28N2O5S. The van der Waals surface area contributed by atoms with Crippen LogP contribution in [0.1, 0.15) is 49.0 Å². The number of piperidine rings is 1. The molecule has 2 rings (SSSR count). The van der Waals surface area contributed by atoms with E-state index < -0.39 is 27.9 Å². The summed E-state index contributed by atoms with van der Waals surface area (Å²) in [5, 5.41) is 2.66. The van der Waals surface area contributed by atoms with Gasteiger partial charge in [0.25, 0.3) is 5.91 Å². The van der Waals surface area contributed by atoms with Crippen molar-refractivity contribution in [3.63, 3.8) is 0 Å². The van der Waals surface area contributed by atoms with Gasteiger partial charge in [0, 0.05) is 18.7 Å². The molecule has 7 nitrogen and oxygen atoms in total. The number of methoxy groups -OCH3 is 1. The molecule has 150 valence electrons. The smallest absolute Gasteiger partial charge is 0.328 e. The van der Waals surface area contributed by atoms with Gasteiger partial charge in [-0.25, -0.2) is 13.2 Å². The van der Waals surface area contributed by atoms with Gasteiger partial charge >= 0.3 is 5.97 Å². The number of benzene rings is 1. The fraction of sp³-hybridized carbons (Fsp3) is 0.579. The summed E-state index contributed by atoms with van der Waals surface area (Å²) in [7, 11) is -2.37. The number of rotatable bonds is 6. The van der Waals surface area contributed by atoms with E-state index in [-0.39, 0.29) is 16.4 Å². The Bertz CT molecular complexity index is 798. The van der Waals surface area contributed by atoms with Gasteiger partial charge in [-0.3, -0.25) is 4.79 Å². The predicted molar refractivity (Wildman–Crippen MR) is 102 cm³/mol. The third kappa shape index (κ3) is 4.87. The number of amides is 1. The minimum atomic E-state index is -3.64. The molecule has 1 heterocycles. The van der Waals surface area contributed by atoms with Crippen LogP contribution in [0, 0.1) is 12.8 Å². The maximum atomic E-state index is 12.9. The predicted octanol–water partition coefficient (Wildman–Crippen LogP) is 2.10. The zero-order valence-electron chi connectivity index (χ0n) is 16.3. The van der Waals surface area contributed by atoms with Crippen LogP contribution in [0.2, 0.25) is 0 Å². The Morgan fingerprint density at radius 1 is 1.15 bits per heavy atom. The van der Waals surface area contributed by atoms with Crippen molar-refractivity contribution in [2.75, 3.05) is 20.2 Å². The quantitative estimate of drug-likeness (QED) is 0.744. The first kappa shape index (κ1) is 21.4. The van der Waals surface area contributed by atoms with E-state index >= 15 is 0 Å². The zero-order valence-corrected chi connectivity index (χ0v) is 17.1. The second kappa shape index (κ2) is 8.84. The molecule has 1 aromatic rings. The molecule has 0 unspecified atom stereocenters. The number of nitrogens with zero attached hydrogens (tertiary/aromatic N) is 1. The summed E-state index contributed by atoms with van der Waals surface area (Å²) in [6, 6.07) is 3.73. The number of carbonyl (C=O) groups is 2. The molecule has 1 fully saturated rings. The van der Waals surface area contributed by atoms with E-state index in [2.05, 4.69) is 5.32 Å². The summed E-state index contributed by atoms with van der Waals surface area (Å²) >= 11 is 0. The topological polar surface area (TPSA) is 92.8 Å². The standard InChI is InChI=1S/C19H28N2O5S/c1-13(2)17(19(23)26-4)20-18(22)16-12-15(9-8-14(16)3)27(24,25)21-10-6-5-7-11-21/h8-9,12-13,17H,5-7,10-11H2,1-4H3,(H,20,22)/t17-/m1/s1. The lowest BCUT2D eigenvalue weighted by molar-refractivity contribution is -0.144. The van der Waals surface area contributed by atoms with E-state index in [1.54, 1.807) is 26.8 Å². The Morgan fingerprint density at radius 3 is 2.33 bits per heavy atom. The van der Waals surface area contributed by atoms with E-state index in [0.29, 0.717) is 18.7 Å². The molecule has 1 aliphatic heterocycles. The lowest BCUT2D eigenvalue weighted by Gasteiger charge is -2.26. The molecule has 1 amide bonds. The van der Waals surface area contributed by atoms with Crippen molar-refractivity contribution in [3.8, 4) is 0 Å². The molecule has 27 heavy (non-hydrogen) atoms. The van der Waals surface area contributed by atoms with Gasteiger partial charge in [0.1, 0.15) is 6.04 Å². The minimum absolute atomic E-state index is 0.0966. The van der Waals surface area contributed by atoms with Crippen molar-refractivity contribution >= 4 is 21.9 Å². The molecule has 8 heteroatoms. The highest BCUT2D eigenvalue weighted by Gasteiger charge is 2.29. The van der Waals surface area contributed by atoms with E-state index in [0.717, 1.165) is 19.3 Å². The third-order valence-corrected chi connectivity index (χ3v) is 6.71. The van der Waals surface area contributed by atoms with Gasteiger partial charge in [0.15, 0.2) is 0 Å². The van der Waals surface area contributed by atoms with Gasteiger partial charge in [-0.1, -0.05) is 26.3 Å². The average Bonchev–Trinajstić information content (AvgIpc) is 2.65. The molecule has 1 atom stereocenters. The van der Waals surface area contributed by atoms with Crippen molar-refractivity contribution in [3.05, 3.63) is 29.3 Å². The van der Waals surface area contributed by atoms with Gasteiger partial charge in [-0.2, -0.15) is 4.31 Å². The SMILES string of the molecule is COC(=O)[C@H](NC(=O)c1cc(S(=O)(=O)N2CCCCC2)ccc1C)C(C)C. The highest BCUT2D eigenvalue weighted by atomic mass is 32.2. The third-order valence-electron chi connectivity index (χ3n) is 4.81. The number of ether oxygens (including phenoxy) is 1. The highest BCUT2D eigenvalue weighted by molar-refractivity contribution is 7.89. The first-order chi connectivity index (χ1) is 12.7. The van der Waals surface area contributed by atoms with Crippen LogP contribution in [-0.2, 0) is 19.6 Å². The first-order valence-electron chi connectivity index (χ1n) is 9.18. The lowest BCUT2D eigenvalue weighted by Crippen LogP contribution is -2.45. The number of esters is 1. The number of aryl methyl sites for hydroxylation is 1. The van der Waals surface area contributed by atoms with Crippen LogP contribution < -0.4 is 5.32 Å². The van der Waals surface area contributed by atoms with Crippen LogP contribution in [-0.4, -0.2) is 50.8 Å². The molecule has 0 radical (unpaired) electrons. The molecule has 0 spiro atoms. The van der Waals surface area contributed by atoms with E-state index in [9.17, 15) is 18.0 Å². The van der Waals surface area contributed by atoms with Crippen LogP contribution in [0.3, 0.4) is 0 Å². The highest BCUT2D eigenvalue weighted by Crippen LogP contribution is 2.23. The van der Waals surface area contributed by atoms with Crippen LogP contribution in [0.15, 0.2) is 23.1 Å². The Morgan fingerprint density at radius 2 is 1.78 bits per heavy atom. The summed E-state index contributed by atoms with van der Waals surface area (Å²) in [4.78, 5) is 24.7. The molecule has 1 N–H and O–H groups in total. The van der Waals surface area contributed by atoms with Crippen LogP contribution in [0.4, 0.5) is 0 Å². The van der Waals surface area contributed by atoms with Gasteiger partial charge in [-0.05, 0) is 43.4 Å². The summed E-state index contributed by atoms with van der Waals surface area (Å²) in [6.45, 7) is 6.32. The number of hydrogen-bond acceptors (Lipinski definition) is 5. The van der Waals surface area contributed by atoms with Crippen molar-refractivity contribution in [1.29, 1.82) is 0 Å². The van der Waals surface area contributed by atoms with Crippen LogP contribution in [0.25, 0.3) is 0 Å². The molecule has 1 saturated heterocycles. The zero-order chi connectivity index (χ0) is 20.2. The number of hydrogen-bond donors (Lipinski definition) is 1. The molecule has 1 aromatic carbocycles. The van der Waals surface area contributed by atoms with Crippen molar-refractivity contribution < 1.29 is 22.7 Å². The van der Waals surface area contributed by atoms with Gasteiger partial charge in [0.2, 0.25) is 10.0 Å². The van der Waals surface area contributed by atoms with Gasteiger partial charge in [0.05, 0.1) is 12.0 Å². The lowest BCUT2D eigenvalue weighted by atomic mass is 10.0. The normalized spacial score (nSPS) is 16.8. The van der Waals surface area contributed by atoms with Crippen LogP contribution in [0.5, 0.6) is 0 Å². The largest absolute Gasteiger partial charge is 0.467 e. The van der Waals surface area contributed by atoms with Gasteiger partial charge < -0.3 is 10.1 Å². The van der Waals surface area contributed by atoms with Crippen molar-refractivity contribution in [2.24, 2.45) is 5.92 Å². The summed E-state index contributed by atoms with van der Waals surface area (Å²) in [6.07, 6.45) is 2.71. The summed E-state index contributed by atoms with van der Waals surface area (Å²) in [5.41, 5.74) is 0.875. The summed E-state index contributed by atoms with van der Waals surface area (Å²) in [5.74, 6) is -1.19. The Labute approximate surface area is 161 Å². The average molecular weight is 397 g/mol. The van der Waals surface area contributed by atoms with E-state index in [1.807, 2.05) is 0 Å². The Balaban J connectivity index is 2.31. The van der Waals surface area contributed by atoms with Gasteiger partial charge in [-0.15, -0.1) is 0 Å². The Kier molecular flexibility index (Phi) is 7.00. The maximum Gasteiger partial charge on any atom is 0.328 e. The molecule has 0 aromatic heterocycles. The molecule has 0 bridgehead atoms. The maximum absolute atomic E-state index is 12.9. The fourth-order valence-electron chi connectivity index (χ4n) is 3.10. The minimum Gasteiger partial charge on any atom is -0.467 e. The number of nitrogens with one attached hydrogen (secondary N) is 1. The number of carbonyl (C=O) groups excluding carboxylic acids is 2. The van der Waals surface area contributed by atoms with Crippen molar-refractivity contribution in [1.82, 2.24) is 9.62 Å². The summed E-state index contributed by atoms with van der Waals surface area (Å²) < 4.78 is 32.0. The monoisotopic (exact) mass is 396 g/mol. The second-order valence-electron chi connectivity index (χ2n) is 7.16. The first-order valence-corrected chi connectivity index (χ1v) is 10.6.